The normalized spacial score (nSPS) is 23.1. The maximum atomic E-state index is 13.8. The fourth-order valence-electron chi connectivity index (χ4n) is 5.27. The average Bonchev–Trinajstić information content (AvgIpc) is 3.10. The molecular weight excluding hydrogens is 874 g/mol. The van der Waals surface area contributed by atoms with Crippen LogP contribution in [0.15, 0.2) is 63.6 Å². The van der Waals surface area contributed by atoms with E-state index in [-0.39, 0.29) is 18.1 Å². The van der Waals surface area contributed by atoms with Gasteiger partial charge in [0.05, 0.1) is 21.8 Å². The molecule has 1 aliphatic heterocycles. The van der Waals surface area contributed by atoms with Gasteiger partial charge in [-0.25, -0.2) is 4.79 Å². The fraction of sp³-hybridized carbons (Fsp3) is 0.421. The van der Waals surface area contributed by atoms with Gasteiger partial charge in [0.1, 0.15) is 42.1 Å². The quantitative estimate of drug-likeness (QED) is 0.0801. The zero-order valence-corrected chi connectivity index (χ0v) is 35.2. The molecule has 1 aromatic carbocycles. The van der Waals surface area contributed by atoms with Crippen LogP contribution < -0.4 is 38.1 Å². The van der Waals surface area contributed by atoms with Crippen molar-refractivity contribution in [2.24, 2.45) is 23.3 Å². The zero-order valence-electron chi connectivity index (χ0n) is 32.0. The van der Waals surface area contributed by atoms with Crippen molar-refractivity contribution in [3.63, 3.8) is 0 Å². The molecule has 0 aliphatic carbocycles. The molecular formula is C38H49Br2N7O10. The van der Waals surface area contributed by atoms with Crippen LogP contribution in [0, 0.1) is 11.8 Å². The van der Waals surface area contributed by atoms with Crippen LogP contribution in [-0.4, -0.2) is 88.7 Å². The molecule has 2 rings (SSSR count). The Bertz CT molecular complexity index is 1790. The van der Waals surface area contributed by atoms with Crippen LogP contribution in [-0.2, 0) is 43.1 Å². The molecule has 6 atom stereocenters. The Morgan fingerprint density at radius 1 is 0.772 bits per heavy atom. The number of aromatic hydroxyl groups is 1. The Balaban J connectivity index is 2.42. The number of nitrogens with one attached hydrogen (secondary N) is 5. The van der Waals surface area contributed by atoms with Crippen LogP contribution in [0.1, 0.15) is 59.4 Å². The highest BCUT2D eigenvalue weighted by Crippen LogP contribution is 2.33. The van der Waals surface area contributed by atoms with Gasteiger partial charge in [-0.1, -0.05) is 70.2 Å². The summed E-state index contributed by atoms with van der Waals surface area (Å²) in [5, 5.41) is 22.0. The first-order chi connectivity index (χ1) is 26.7. The van der Waals surface area contributed by atoms with Gasteiger partial charge in [0.15, 0.2) is 0 Å². The summed E-state index contributed by atoms with van der Waals surface area (Å²) in [5.74, 6) is -8.41. The Morgan fingerprint density at radius 2 is 1.26 bits per heavy atom. The van der Waals surface area contributed by atoms with Crippen molar-refractivity contribution in [2.45, 2.75) is 90.2 Å². The van der Waals surface area contributed by atoms with Gasteiger partial charge in [0.2, 0.25) is 41.4 Å². The lowest BCUT2D eigenvalue weighted by Crippen LogP contribution is -2.62. The zero-order chi connectivity index (χ0) is 43.0. The van der Waals surface area contributed by atoms with E-state index in [9.17, 15) is 43.5 Å². The van der Waals surface area contributed by atoms with E-state index in [0.29, 0.717) is 8.95 Å². The monoisotopic (exact) mass is 921 g/mol. The van der Waals surface area contributed by atoms with E-state index < -0.39 is 102 Å². The topological polar surface area (TPSA) is 278 Å². The van der Waals surface area contributed by atoms with Crippen molar-refractivity contribution in [1.82, 2.24) is 26.6 Å². The summed E-state index contributed by atoms with van der Waals surface area (Å²) in [6, 6.07) is -4.09. The number of ether oxygens (including phenoxy) is 1. The Kier molecular flexibility index (Phi) is 19.4. The third kappa shape index (κ3) is 16.4. The fourth-order valence-corrected chi connectivity index (χ4v) is 6.49. The van der Waals surface area contributed by atoms with Gasteiger partial charge < -0.3 is 47.9 Å². The van der Waals surface area contributed by atoms with E-state index >= 15 is 0 Å². The van der Waals surface area contributed by atoms with Crippen molar-refractivity contribution in [3.05, 3.63) is 69.2 Å². The highest BCUT2D eigenvalue weighted by molar-refractivity contribution is 9.11. The minimum atomic E-state index is -1.65. The largest absolute Gasteiger partial charge is 0.506 e. The van der Waals surface area contributed by atoms with Crippen molar-refractivity contribution in [2.75, 3.05) is 0 Å². The number of cyclic esters (lactones) is 1. The minimum absolute atomic E-state index is 0.0270. The number of halogens is 2. The van der Waals surface area contributed by atoms with Crippen LogP contribution in [0.2, 0.25) is 0 Å². The molecule has 10 N–H and O–H groups in total. The van der Waals surface area contributed by atoms with Crippen LogP contribution in [0.3, 0.4) is 0 Å². The maximum absolute atomic E-state index is 13.8. The summed E-state index contributed by atoms with van der Waals surface area (Å²) in [5.41, 5.74) is 11.5. The lowest BCUT2D eigenvalue weighted by molar-refractivity contribution is -0.156. The number of carbonyl (C=O) groups excluding carboxylic acids is 8. The highest BCUT2D eigenvalue weighted by atomic mass is 79.9. The maximum Gasteiger partial charge on any atom is 0.328 e. The molecule has 19 heteroatoms. The van der Waals surface area contributed by atoms with Crippen LogP contribution >= 0.6 is 31.9 Å². The number of carbonyl (C=O) groups is 8. The van der Waals surface area contributed by atoms with E-state index in [1.807, 2.05) is 0 Å². The molecule has 1 saturated heterocycles. The van der Waals surface area contributed by atoms with Crippen LogP contribution in [0.5, 0.6) is 5.75 Å². The number of primary amides is 2. The summed E-state index contributed by atoms with van der Waals surface area (Å²) < 4.78 is 6.67. The van der Waals surface area contributed by atoms with E-state index in [1.54, 1.807) is 76.3 Å². The Morgan fingerprint density at radius 3 is 1.77 bits per heavy atom. The number of allylic oxidation sites excluding steroid dienone is 6. The first kappa shape index (κ1) is 47.9. The summed E-state index contributed by atoms with van der Waals surface area (Å²) in [4.78, 5) is 105. The summed E-state index contributed by atoms with van der Waals surface area (Å²) in [6.07, 6.45) is 9.92. The van der Waals surface area contributed by atoms with Crippen molar-refractivity contribution < 1.29 is 48.2 Å². The number of rotatable bonds is 13. The molecule has 57 heavy (non-hydrogen) atoms. The molecule has 1 heterocycles. The lowest BCUT2D eigenvalue weighted by atomic mass is 10.0. The molecule has 1 aromatic rings. The van der Waals surface area contributed by atoms with Gasteiger partial charge in [-0.3, -0.25) is 33.6 Å². The predicted molar refractivity (Wildman–Crippen MR) is 217 cm³/mol. The number of benzene rings is 1. The number of esters is 1. The molecule has 1 fully saturated rings. The molecule has 7 amide bonds. The Hall–Kier alpha value is -5.30. The van der Waals surface area contributed by atoms with Crippen molar-refractivity contribution in [1.29, 1.82) is 0 Å². The second kappa shape index (κ2) is 23.1. The molecule has 1 aliphatic rings. The molecule has 0 bridgehead atoms. The van der Waals surface area contributed by atoms with Gasteiger partial charge in [0, 0.05) is 6.08 Å². The van der Waals surface area contributed by atoms with Gasteiger partial charge in [-0.15, -0.1) is 0 Å². The van der Waals surface area contributed by atoms with Gasteiger partial charge >= 0.3 is 5.97 Å². The second-order valence-electron chi connectivity index (χ2n) is 13.8. The highest BCUT2D eigenvalue weighted by Gasteiger charge is 2.38. The van der Waals surface area contributed by atoms with Crippen LogP contribution in [0.4, 0.5) is 0 Å². The number of hydrogen-bond donors (Lipinski definition) is 8. The smallest absolute Gasteiger partial charge is 0.328 e. The molecule has 0 saturated carbocycles. The first-order valence-electron chi connectivity index (χ1n) is 17.8. The number of hydrogen-bond acceptors (Lipinski definition) is 10. The van der Waals surface area contributed by atoms with Crippen molar-refractivity contribution in [3.8, 4) is 5.75 Å². The van der Waals surface area contributed by atoms with E-state index in [0.717, 1.165) is 11.6 Å². The molecule has 0 spiro atoms. The van der Waals surface area contributed by atoms with E-state index in [2.05, 4.69) is 58.4 Å². The lowest BCUT2D eigenvalue weighted by Gasteiger charge is -2.31. The summed E-state index contributed by atoms with van der Waals surface area (Å²) in [6.45, 7) is 8.01. The minimum Gasteiger partial charge on any atom is -0.506 e. The number of amides is 7. The van der Waals surface area contributed by atoms with Gasteiger partial charge in [-0.05, 0) is 74.7 Å². The molecule has 6 unspecified atom stereocenters. The first-order valence-corrected chi connectivity index (χ1v) is 19.4. The average molecular weight is 924 g/mol. The van der Waals surface area contributed by atoms with E-state index in [4.69, 9.17) is 16.2 Å². The number of phenols is 1. The standard InChI is InChI=1S/C38H49Br2N7O10/c1-19(2)14-27-38(56)57-21(5)32(46-30(50)13-11-9-7-6-8-10-12-22-15-23(39)33(51)24(40)16-22)37(55)47-31(20(3)4)36(54)44-26(18-29(42)49)34(52)43-25(17-28(41)48)35(53)45-27/h6-13,15-16,19-21,25-27,31-32,51H,14,17-18H2,1-5H3,(H2,41,48)(H2,42,49)(H,43,52)(H,44,54)(H,45,53)(H,46,50)(H,47,55)/b8-6+,9-7+,12-10+,13-11+. The van der Waals surface area contributed by atoms with Crippen molar-refractivity contribution >= 4 is 85.3 Å². The molecule has 0 radical (unpaired) electrons. The molecule has 310 valence electrons. The van der Waals surface area contributed by atoms with Crippen LogP contribution in [0.25, 0.3) is 6.08 Å². The third-order valence-electron chi connectivity index (χ3n) is 8.11. The summed E-state index contributed by atoms with van der Waals surface area (Å²) in [7, 11) is 0. The molecule has 17 nitrogen and oxygen atoms in total. The van der Waals surface area contributed by atoms with Gasteiger partial charge in [-0.2, -0.15) is 0 Å². The number of phenolic OH excluding ortho intramolecular Hbond substituents is 1. The molecule has 0 aromatic heterocycles. The summed E-state index contributed by atoms with van der Waals surface area (Å²) >= 11 is 6.55. The van der Waals surface area contributed by atoms with E-state index in [1.165, 1.54) is 13.0 Å². The number of nitrogens with two attached hydrogens (primary N) is 2. The predicted octanol–water partition coefficient (Wildman–Crippen LogP) is 1.42. The Labute approximate surface area is 347 Å². The van der Waals surface area contributed by atoms with Gasteiger partial charge in [0.25, 0.3) is 0 Å². The SMILES string of the molecule is CC(C)CC1NC(=O)C(CC(N)=O)NC(=O)C(CC(N)=O)NC(=O)C(C(C)C)NC(=O)C(NC(=O)/C=C/C=C/C=C/C=C/c2cc(Br)c(O)c(Br)c2)C(C)OC1=O. The second-order valence-corrected chi connectivity index (χ2v) is 15.5. The third-order valence-corrected chi connectivity index (χ3v) is 9.32.